The zero-order valence-corrected chi connectivity index (χ0v) is 9.74. The van der Waals surface area contributed by atoms with Crippen molar-refractivity contribution >= 4 is 11.6 Å². The van der Waals surface area contributed by atoms with Crippen LogP contribution < -0.4 is 10.6 Å². The number of likely N-dealkylation sites (N-methyl/N-ethyl adjacent to an activating group) is 1. The molecule has 2 heterocycles. The average molecular weight is 229 g/mol. The fourth-order valence-electron chi connectivity index (χ4n) is 1.50. The van der Waals surface area contributed by atoms with Crippen molar-refractivity contribution in [2.24, 2.45) is 0 Å². The Kier molecular flexibility index (Phi) is 3.49. The van der Waals surface area contributed by atoms with Gasteiger partial charge in [-0.25, -0.2) is 4.98 Å². The molecule has 0 amide bonds. The molecule has 2 N–H and O–H groups in total. The monoisotopic (exact) mass is 229 g/mol. The van der Waals surface area contributed by atoms with Crippen molar-refractivity contribution in [3.8, 4) is 0 Å². The molecule has 2 rings (SSSR count). The lowest BCUT2D eigenvalue weighted by Gasteiger charge is -2.17. The Morgan fingerprint density at radius 3 is 2.88 bits per heavy atom. The van der Waals surface area contributed by atoms with Gasteiger partial charge in [0.2, 0.25) is 0 Å². The standard InChI is InChI=1S/C12H15N5/c1-17(12-9-14-8-11(13)16-12)7-5-10-4-2-3-6-15-10/h2-4,6,8-9H,5,7H2,1H3,(H2,13,16). The van der Waals surface area contributed by atoms with Crippen LogP contribution in [0.1, 0.15) is 5.69 Å². The Balaban J connectivity index is 1.96. The summed E-state index contributed by atoms with van der Waals surface area (Å²) in [4.78, 5) is 14.5. The predicted molar refractivity (Wildman–Crippen MR) is 67.7 cm³/mol. The van der Waals surface area contributed by atoms with Gasteiger partial charge in [0.25, 0.3) is 0 Å². The molecule has 0 saturated carbocycles. The van der Waals surface area contributed by atoms with E-state index in [1.807, 2.05) is 30.1 Å². The SMILES string of the molecule is CN(CCc1ccccn1)c1cncc(N)n1. The second-order valence-electron chi connectivity index (χ2n) is 3.79. The van der Waals surface area contributed by atoms with Crippen LogP contribution in [0.25, 0.3) is 0 Å². The molecule has 5 heteroatoms. The lowest BCUT2D eigenvalue weighted by atomic mass is 10.2. The molecule has 88 valence electrons. The molecule has 0 bridgehead atoms. The molecule has 0 radical (unpaired) electrons. The van der Waals surface area contributed by atoms with Gasteiger partial charge in [-0.15, -0.1) is 0 Å². The van der Waals surface area contributed by atoms with Crippen molar-refractivity contribution in [1.29, 1.82) is 0 Å². The van der Waals surface area contributed by atoms with Crippen LogP contribution >= 0.6 is 0 Å². The van der Waals surface area contributed by atoms with Gasteiger partial charge in [0.1, 0.15) is 11.6 Å². The number of nitrogens with zero attached hydrogens (tertiary/aromatic N) is 4. The summed E-state index contributed by atoms with van der Waals surface area (Å²) in [6, 6.07) is 5.91. The lowest BCUT2D eigenvalue weighted by Crippen LogP contribution is -2.22. The van der Waals surface area contributed by atoms with E-state index in [1.54, 1.807) is 12.4 Å². The minimum Gasteiger partial charge on any atom is -0.382 e. The van der Waals surface area contributed by atoms with E-state index in [1.165, 1.54) is 6.20 Å². The summed E-state index contributed by atoms with van der Waals surface area (Å²) in [7, 11) is 1.96. The van der Waals surface area contributed by atoms with Crippen LogP contribution in [-0.2, 0) is 6.42 Å². The first-order chi connectivity index (χ1) is 8.25. The molecule has 0 spiro atoms. The minimum atomic E-state index is 0.437. The third-order valence-electron chi connectivity index (χ3n) is 2.46. The van der Waals surface area contributed by atoms with E-state index < -0.39 is 0 Å². The molecule has 0 aliphatic carbocycles. The maximum absolute atomic E-state index is 5.59. The zero-order chi connectivity index (χ0) is 12.1. The second kappa shape index (κ2) is 5.25. The average Bonchev–Trinajstić information content (AvgIpc) is 2.37. The fraction of sp³-hybridized carbons (Fsp3) is 0.250. The summed E-state index contributed by atoms with van der Waals surface area (Å²) in [6.45, 7) is 0.829. The topological polar surface area (TPSA) is 67.9 Å². The molecule has 0 fully saturated rings. The van der Waals surface area contributed by atoms with Crippen molar-refractivity contribution in [2.45, 2.75) is 6.42 Å². The molecule has 0 aromatic carbocycles. The molecule has 0 aliphatic rings. The summed E-state index contributed by atoms with van der Waals surface area (Å²) in [6.07, 6.45) is 5.91. The molecule has 5 nitrogen and oxygen atoms in total. The highest BCUT2D eigenvalue weighted by molar-refractivity contribution is 5.40. The zero-order valence-electron chi connectivity index (χ0n) is 9.74. The smallest absolute Gasteiger partial charge is 0.149 e. The quantitative estimate of drug-likeness (QED) is 0.851. The predicted octanol–water partition coefficient (Wildman–Crippen LogP) is 1.13. The lowest BCUT2D eigenvalue weighted by molar-refractivity contribution is 0.836. The fourth-order valence-corrected chi connectivity index (χ4v) is 1.50. The van der Waals surface area contributed by atoms with Crippen molar-refractivity contribution in [1.82, 2.24) is 15.0 Å². The minimum absolute atomic E-state index is 0.437. The third kappa shape index (κ3) is 3.14. The summed E-state index contributed by atoms with van der Waals surface area (Å²) in [5.74, 6) is 1.22. The molecule has 0 aliphatic heterocycles. The van der Waals surface area contributed by atoms with Crippen molar-refractivity contribution < 1.29 is 0 Å². The molecule has 0 unspecified atom stereocenters. The van der Waals surface area contributed by atoms with Crippen LogP contribution in [0.3, 0.4) is 0 Å². The summed E-state index contributed by atoms with van der Waals surface area (Å²) >= 11 is 0. The van der Waals surface area contributed by atoms with Crippen LogP contribution in [0.4, 0.5) is 11.6 Å². The van der Waals surface area contributed by atoms with E-state index >= 15 is 0 Å². The number of aromatic nitrogens is 3. The Hall–Kier alpha value is -2.17. The number of hydrogen-bond donors (Lipinski definition) is 1. The molecule has 17 heavy (non-hydrogen) atoms. The van der Waals surface area contributed by atoms with E-state index in [0.29, 0.717) is 5.82 Å². The Labute approximate surface area is 100 Å². The van der Waals surface area contributed by atoms with E-state index in [0.717, 1.165) is 24.5 Å². The van der Waals surface area contributed by atoms with Crippen LogP contribution in [0.2, 0.25) is 0 Å². The molecular formula is C12H15N5. The van der Waals surface area contributed by atoms with Crippen molar-refractivity contribution in [3.63, 3.8) is 0 Å². The van der Waals surface area contributed by atoms with Crippen LogP contribution in [0.15, 0.2) is 36.8 Å². The first-order valence-corrected chi connectivity index (χ1v) is 5.44. The van der Waals surface area contributed by atoms with Gasteiger partial charge in [0.15, 0.2) is 0 Å². The number of hydrogen-bond acceptors (Lipinski definition) is 5. The highest BCUT2D eigenvalue weighted by Crippen LogP contribution is 2.09. The number of anilines is 2. The van der Waals surface area contributed by atoms with Gasteiger partial charge < -0.3 is 10.6 Å². The van der Waals surface area contributed by atoms with Gasteiger partial charge in [-0.05, 0) is 12.1 Å². The van der Waals surface area contributed by atoms with Crippen molar-refractivity contribution in [2.75, 3.05) is 24.2 Å². The van der Waals surface area contributed by atoms with Gasteiger partial charge in [-0.3, -0.25) is 9.97 Å². The number of pyridine rings is 1. The largest absolute Gasteiger partial charge is 0.382 e. The van der Waals surface area contributed by atoms with Gasteiger partial charge in [0, 0.05) is 31.9 Å². The number of nitrogen functional groups attached to an aromatic ring is 1. The van der Waals surface area contributed by atoms with E-state index in [9.17, 15) is 0 Å². The number of rotatable bonds is 4. The summed E-state index contributed by atoms with van der Waals surface area (Å²) in [5, 5.41) is 0. The Morgan fingerprint density at radius 1 is 1.29 bits per heavy atom. The van der Waals surface area contributed by atoms with Crippen LogP contribution in [0, 0.1) is 0 Å². The highest BCUT2D eigenvalue weighted by atomic mass is 15.2. The van der Waals surface area contributed by atoms with Gasteiger partial charge in [-0.2, -0.15) is 0 Å². The summed E-state index contributed by atoms with van der Waals surface area (Å²) in [5.41, 5.74) is 6.66. The first-order valence-electron chi connectivity index (χ1n) is 5.44. The maximum Gasteiger partial charge on any atom is 0.149 e. The first kappa shape index (κ1) is 11.3. The third-order valence-corrected chi connectivity index (χ3v) is 2.46. The van der Waals surface area contributed by atoms with Crippen molar-refractivity contribution in [3.05, 3.63) is 42.5 Å². The molecule has 2 aromatic rings. The Bertz CT molecular complexity index is 471. The highest BCUT2D eigenvalue weighted by Gasteiger charge is 2.03. The number of nitrogens with two attached hydrogens (primary N) is 1. The van der Waals surface area contributed by atoms with E-state index in [2.05, 4.69) is 15.0 Å². The van der Waals surface area contributed by atoms with Gasteiger partial charge >= 0.3 is 0 Å². The Morgan fingerprint density at radius 2 is 2.18 bits per heavy atom. The maximum atomic E-state index is 5.59. The molecular weight excluding hydrogens is 214 g/mol. The van der Waals surface area contributed by atoms with E-state index in [-0.39, 0.29) is 0 Å². The molecule has 0 atom stereocenters. The molecule has 0 saturated heterocycles. The van der Waals surface area contributed by atoms with E-state index in [4.69, 9.17) is 5.73 Å². The summed E-state index contributed by atoms with van der Waals surface area (Å²) < 4.78 is 0. The van der Waals surface area contributed by atoms with Gasteiger partial charge in [0.05, 0.1) is 12.4 Å². The van der Waals surface area contributed by atoms with Crippen LogP contribution in [0.5, 0.6) is 0 Å². The second-order valence-corrected chi connectivity index (χ2v) is 3.79. The molecule has 2 aromatic heterocycles. The van der Waals surface area contributed by atoms with Gasteiger partial charge in [-0.1, -0.05) is 6.07 Å². The van der Waals surface area contributed by atoms with Crippen LogP contribution in [-0.4, -0.2) is 28.5 Å². The normalized spacial score (nSPS) is 10.2.